The van der Waals surface area contributed by atoms with E-state index < -0.39 is 15.8 Å². The van der Waals surface area contributed by atoms with Crippen LogP contribution in [0.5, 0.6) is 0 Å². The molecule has 1 fully saturated rings. The van der Waals surface area contributed by atoms with Crippen LogP contribution in [0.4, 0.5) is 4.39 Å². The molecule has 1 saturated heterocycles. The van der Waals surface area contributed by atoms with Crippen LogP contribution in [0, 0.1) is 5.82 Å². The first-order valence-corrected chi connectivity index (χ1v) is 6.94. The van der Waals surface area contributed by atoms with E-state index in [1.165, 1.54) is 22.5 Å². The van der Waals surface area contributed by atoms with E-state index in [0.717, 1.165) is 6.07 Å². The Balaban J connectivity index is 2.26. The third-order valence-corrected chi connectivity index (χ3v) is 4.83. The Morgan fingerprint density at radius 2 is 1.83 bits per heavy atom. The lowest BCUT2D eigenvalue weighted by atomic mass is 10.1. The SMILES string of the molecule is O=S(=O)(c1ccccc1F)N1CCC(=NO)CC1. The molecular weight excluding hydrogens is 259 g/mol. The average molecular weight is 272 g/mol. The highest BCUT2D eigenvalue weighted by Gasteiger charge is 2.29. The third kappa shape index (κ3) is 2.37. The smallest absolute Gasteiger partial charge is 0.246 e. The van der Waals surface area contributed by atoms with Gasteiger partial charge in [-0.1, -0.05) is 17.3 Å². The summed E-state index contributed by atoms with van der Waals surface area (Å²) in [6.45, 7) is 0.409. The van der Waals surface area contributed by atoms with Crippen molar-refractivity contribution in [2.45, 2.75) is 17.7 Å². The van der Waals surface area contributed by atoms with Crippen molar-refractivity contribution < 1.29 is 18.0 Å². The summed E-state index contributed by atoms with van der Waals surface area (Å²) < 4.78 is 39.1. The summed E-state index contributed by atoms with van der Waals surface area (Å²) in [6.07, 6.45) is 0.731. The molecule has 7 heteroatoms. The molecule has 0 bridgehead atoms. The first kappa shape index (κ1) is 13.0. The van der Waals surface area contributed by atoms with Crippen LogP contribution in [0.2, 0.25) is 0 Å². The Bertz CT molecular complexity index is 561. The Labute approximate surface area is 105 Å². The fourth-order valence-electron chi connectivity index (χ4n) is 1.88. The van der Waals surface area contributed by atoms with Gasteiger partial charge in [0.15, 0.2) is 0 Å². The molecule has 1 aromatic carbocycles. The molecule has 98 valence electrons. The second-order valence-corrected chi connectivity index (χ2v) is 5.91. The second kappa shape index (κ2) is 5.03. The van der Waals surface area contributed by atoms with E-state index >= 15 is 0 Å². The lowest BCUT2D eigenvalue weighted by Gasteiger charge is -2.26. The monoisotopic (exact) mass is 272 g/mol. The number of benzene rings is 1. The highest BCUT2D eigenvalue weighted by molar-refractivity contribution is 7.89. The minimum absolute atomic E-state index is 0.204. The predicted octanol–water partition coefficient (Wildman–Crippen LogP) is 1.44. The molecule has 0 spiro atoms. The van der Waals surface area contributed by atoms with Gasteiger partial charge in [-0.2, -0.15) is 4.31 Å². The lowest BCUT2D eigenvalue weighted by molar-refractivity contribution is 0.309. The van der Waals surface area contributed by atoms with Crippen LogP contribution in [0.25, 0.3) is 0 Å². The molecule has 0 aromatic heterocycles. The van der Waals surface area contributed by atoms with Gasteiger partial charge in [-0.3, -0.25) is 0 Å². The van der Waals surface area contributed by atoms with E-state index in [9.17, 15) is 12.8 Å². The molecule has 1 aliphatic rings. The van der Waals surface area contributed by atoms with Crippen molar-refractivity contribution in [3.8, 4) is 0 Å². The summed E-state index contributed by atoms with van der Waals surface area (Å²) in [5.74, 6) is -0.751. The third-order valence-electron chi connectivity index (χ3n) is 2.90. The fraction of sp³-hybridized carbons (Fsp3) is 0.364. The maximum atomic E-state index is 13.5. The molecule has 1 heterocycles. The van der Waals surface area contributed by atoms with Gasteiger partial charge >= 0.3 is 0 Å². The highest BCUT2D eigenvalue weighted by atomic mass is 32.2. The number of hydrogen-bond donors (Lipinski definition) is 1. The molecule has 1 N–H and O–H groups in total. The average Bonchev–Trinajstić information content (AvgIpc) is 2.39. The lowest BCUT2D eigenvalue weighted by Crippen LogP contribution is -2.38. The number of hydrogen-bond acceptors (Lipinski definition) is 4. The number of sulfonamides is 1. The van der Waals surface area contributed by atoms with Gasteiger partial charge in [0.2, 0.25) is 10.0 Å². The zero-order chi connectivity index (χ0) is 13.2. The molecule has 2 rings (SSSR count). The van der Waals surface area contributed by atoms with Gasteiger partial charge in [0.05, 0.1) is 5.71 Å². The molecule has 1 aliphatic heterocycles. The van der Waals surface area contributed by atoms with Crippen LogP contribution in [0.3, 0.4) is 0 Å². The second-order valence-electron chi connectivity index (χ2n) is 4.00. The normalized spacial score (nSPS) is 17.7. The van der Waals surface area contributed by atoms with E-state index in [2.05, 4.69) is 5.16 Å². The fourth-order valence-corrected chi connectivity index (χ4v) is 3.38. The van der Waals surface area contributed by atoms with Crippen molar-refractivity contribution in [1.82, 2.24) is 4.31 Å². The topological polar surface area (TPSA) is 70.0 Å². The molecule has 0 amide bonds. The minimum Gasteiger partial charge on any atom is -0.411 e. The first-order chi connectivity index (χ1) is 8.55. The van der Waals surface area contributed by atoms with Crippen molar-refractivity contribution >= 4 is 15.7 Å². The Morgan fingerprint density at radius 1 is 1.22 bits per heavy atom. The van der Waals surface area contributed by atoms with Gasteiger partial charge in [0.25, 0.3) is 0 Å². The molecule has 0 atom stereocenters. The molecule has 0 radical (unpaired) electrons. The van der Waals surface area contributed by atoms with Gasteiger partial charge in [0.1, 0.15) is 10.7 Å². The molecule has 5 nitrogen and oxygen atoms in total. The van der Waals surface area contributed by atoms with Crippen LogP contribution in [0.15, 0.2) is 34.3 Å². The summed E-state index contributed by atoms with van der Waals surface area (Å²) in [7, 11) is -3.80. The zero-order valence-electron chi connectivity index (χ0n) is 9.58. The standard InChI is InChI=1S/C11H13FN2O3S/c12-10-3-1-2-4-11(10)18(16,17)14-7-5-9(13-15)6-8-14/h1-4,15H,5-8H2. The predicted molar refractivity (Wildman–Crippen MR) is 63.6 cm³/mol. The number of piperidine rings is 1. The molecular formula is C11H13FN2O3S. The maximum absolute atomic E-state index is 13.5. The van der Waals surface area contributed by atoms with Crippen molar-refractivity contribution in [2.75, 3.05) is 13.1 Å². The number of rotatable bonds is 2. The Hall–Kier alpha value is -1.47. The van der Waals surface area contributed by atoms with Gasteiger partial charge < -0.3 is 5.21 Å². The van der Waals surface area contributed by atoms with E-state index in [1.54, 1.807) is 0 Å². The molecule has 0 saturated carbocycles. The number of oxime groups is 1. The quantitative estimate of drug-likeness (QED) is 0.654. The first-order valence-electron chi connectivity index (χ1n) is 5.50. The van der Waals surface area contributed by atoms with E-state index in [4.69, 9.17) is 5.21 Å². The van der Waals surface area contributed by atoms with Gasteiger partial charge in [-0.15, -0.1) is 0 Å². The van der Waals surface area contributed by atoms with Gasteiger partial charge in [-0.25, -0.2) is 12.8 Å². The van der Waals surface area contributed by atoms with E-state index in [0.29, 0.717) is 18.6 Å². The highest BCUT2D eigenvalue weighted by Crippen LogP contribution is 2.21. The summed E-state index contributed by atoms with van der Waals surface area (Å²) in [4.78, 5) is -0.311. The van der Waals surface area contributed by atoms with Crippen LogP contribution >= 0.6 is 0 Å². The van der Waals surface area contributed by atoms with Crippen LogP contribution in [-0.2, 0) is 10.0 Å². The van der Waals surface area contributed by atoms with E-state index in [1.807, 2.05) is 0 Å². The molecule has 0 aliphatic carbocycles. The summed E-state index contributed by atoms with van der Waals surface area (Å²) in [6, 6.07) is 5.30. The summed E-state index contributed by atoms with van der Waals surface area (Å²) >= 11 is 0. The minimum atomic E-state index is -3.80. The van der Waals surface area contributed by atoms with Gasteiger partial charge in [-0.05, 0) is 12.1 Å². The number of nitrogens with zero attached hydrogens (tertiary/aromatic N) is 2. The molecule has 1 aromatic rings. The van der Waals surface area contributed by atoms with Crippen molar-refractivity contribution in [1.29, 1.82) is 0 Å². The van der Waals surface area contributed by atoms with Crippen molar-refractivity contribution in [3.05, 3.63) is 30.1 Å². The van der Waals surface area contributed by atoms with Crippen LogP contribution < -0.4 is 0 Å². The van der Waals surface area contributed by atoms with Gasteiger partial charge in [0, 0.05) is 25.9 Å². The summed E-state index contributed by atoms with van der Waals surface area (Å²) in [5.41, 5.74) is 0.565. The molecule has 18 heavy (non-hydrogen) atoms. The zero-order valence-corrected chi connectivity index (χ0v) is 10.4. The summed E-state index contributed by atoms with van der Waals surface area (Å²) in [5, 5.41) is 11.7. The van der Waals surface area contributed by atoms with Crippen LogP contribution in [0.1, 0.15) is 12.8 Å². The van der Waals surface area contributed by atoms with E-state index in [-0.39, 0.29) is 18.0 Å². The Morgan fingerprint density at radius 3 is 2.39 bits per heavy atom. The largest absolute Gasteiger partial charge is 0.411 e. The Kier molecular flexibility index (Phi) is 3.63. The van der Waals surface area contributed by atoms with Crippen molar-refractivity contribution in [2.24, 2.45) is 5.16 Å². The van der Waals surface area contributed by atoms with Crippen LogP contribution in [-0.4, -0.2) is 36.7 Å². The maximum Gasteiger partial charge on any atom is 0.246 e. The number of halogens is 1. The molecule has 0 unspecified atom stereocenters. The van der Waals surface area contributed by atoms with Crippen molar-refractivity contribution in [3.63, 3.8) is 0 Å².